The SMILES string of the molecule is O=S(=O)(NCC(F)(F)C(F)F)c1ccnc(Cl)c1. The zero-order chi connectivity index (χ0) is 14.0. The van der Waals surface area contributed by atoms with E-state index in [1.807, 2.05) is 0 Å². The molecule has 0 bridgehead atoms. The van der Waals surface area contributed by atoms with E-state index in [2.05, 4.69) is 4.98 Å². The summed E-state index contributed by atoms with van der Waals surface area (Å²) in [5, 5.41) is -0.168. The molecule has 10 heteroatoms. The molecule has 0 aromatic carbocycles. The number of hydrogen-bond donors (Lipinski definition) is 1. The molecule has 0 radical (unpaired) electrons. The molecule has 0 atom stereocenters. The first kappa shape index (κ1) is 15.1. The second kappa shape index (κ2) is 5.37. The molecule has 0 aliphatic heterocycles. The monoisotopic (exact) mass is 306 g/mol. The number of nitrogens with zero attached hydrogens (tertiary/aromatic N) is 1. The minimum Gasteiger partial charge on any atom is -0.244 e. The molecule has 0 saturated heterocycles. The number of aromatic nitrogens is 1. The maximum Gasteiger partial charge on any atom is 0.320 e. The zero-order valence-electron chi connectivity index (χ0n) is 8.58. The van der Waals surface area contributed by atoms with Crippen LogP contribution in [0.2, 0.25) is 5.15 Å². The summed E-state index contributed by atoms with van der Waals surface area (Å²) in [6.45, 7) is -1.70. The van der Waals surface area contributed by atoms with E-state index < -0.39 is 33.8 Å². The van der Waals surface area contributed by atoms with Crippen molar-refractivity contribution < 1.29 is 26.0 Å². The van der Waals surface area contributed by atoms with Crippen LogP contribution in [-0.2, 0) is 10.0 Å². The standard InChI is InChI=1S/C8H7ClF4N2O2S/c9-6-3-5(1-2-14-6)18(16,17)15-4-8(12,13)7(10)11/h1-3,7,15H,4H2. The van der Waals surface area contributed by atoms with Gasteiger partial charge in [-0.2, -0.15) is 8.78 Å². The highest BCUT2D eigenvalue weighted by molar-refractivity contribution is 7.89. The lowest BCUT2D eigenvalue weighted by Crippen LogP contribution is -2.41. The van der Waals surface area contributed by atoms with E-state index in [9.17, 15) is 26.0 Å². The number of alkyl halides is 4. The highest BCUT2D eigenvalue weighted by Crippen LogP contribution is 2.22. The van der Waals surface area contributed by atoms with Gasteiger partial charge in [0.1, 0.15) is 5.15 Å². The summed E-state index contributed by atoms with van der Waals surface area (Å²) in [5.74, 6) is -4.44. The predicted molar refractivity (Wildman–Crippen MR) is 55.4 cm³/mol. The summed E-state index contributed by atoms with van der Waals surface area (Å²) < 4.78 is 73.1. The van der Waals surface area contributed by atoms with E-state index in [-0.39, 0.29) is 5.15 Å². The third-order valence-electron chi connectivity index (χ3n) is 1.83. The van der Waals surface area contributed by atoms with E-state index in [1.165, 1.54) is 4.72 Å². The number of hydrogen-bond acceptors (Lipinski definition) is 3. The van der Waals surface area contributed by atoms with Crippen LogP contribution >= 0.6 is 11.6 Å². The van der Waals surface area contributed by atoms with Crippen LogP contribution in [0.25, 0.3) is 0 Å². The molecule has 1 aromatic heterocycles. The van der Waals surface area contributed by atoms with Crippen LogP contribution in [0.5, 0.6) is 0 Å². The first-order valence-electron chi connectivity index (χ1n) is 4.42. The van der Waals surface area contributed by atoms with Gasteiger partial charge in [-0.05, 0) is 12.1 Å². The summed E-state index contributed by atoms with van der Waals surface area (Å²) in [6.07, 6.45) is -2.91. The Hall–Kier alpha value is -0.930. The molecule has 0 fully saturated rings. The van der Waals surface area contributed by atoms with Crippen molar-refractivity contribution in [1.82, 2.24) is 9.71 Å². The van der Waals surface area contributed by atoms with Crippen molar-refractivity contribution >= 4 is 21.6 Å². The smallest absolute Gasteiger partial charge is 0.244 e. The van der Waals surface area contributed by atoms with Crippen LogP contribution < -0.4 is 4.72 Å². The number of halogens is 5. The van der Waals surface area contributed by atoms with Gasteiger partial charge < -0.3 is 0 Å². The highest BCUT2D eigenvalue weighted by Gasteiger charge is 2.41. The van der Waals surface area contributed by atoms with E-state index >= 15 is 0 Å². The maximum atomic E-state index is 12.6. The Bertz CT molecular complexity index is 524. The van der Waals surface area contributed by atoms with Gasteiger partial charge in [0.05, 0.1) is 11.4 Å². The van der Waals surface area contributed by atoms with Gasteiger partial charge in [0.2, 0.25) is 10.0 Å². The van der Waals surface area contributed by atoms with Crippen molar-refractivity contribution in [1.29, 1.82) is 0 Å². The lowest BCUT2D eigenvalue weighted by Gasteiger charge is -2.15. The molecule has 0 unspecified atom stereocenters. The molecule has 18 heavy (non-hydrogen) atoms. The van der Waals surface area contributed by atoms with Crippen LogP contribution in [0.1, 0.15) is 0 Å². The van der Waals surface area contributed by atoms with E-state index in [0.29, 0.717) is 0 Å². The molecule has 1 heterocycles. The number of sulfonamides is 1. The Morgan fingerprint density at radius 1 is 1.44 bits per heavy atom. The fourth-order valence-electron chi connectivity index (χ4n) is 0.904. The fourth-order valence-corrected chi connectivity index (χ4v) is 2.20. The van der Waals surface area contributed by atoms with Gasteiger partial charge in [-0.15, -0.1) is 0 Å². The Balaban J connectivity index is 2.84. The van der Waals surface area contributed by atoms with Gasteiger partial charge in [0.15, 0.2) is 0 Å². The number of rotatable bonds is 5. The summed E-state index contributed by atoms with van der Waals surface area (Å²) >= 11 is 5.42. The van der Waals surface area contributed by atoms with Crippen molar-refractivity contribution in [2.24, 2.45) is 0 Å². The van der Waals surface area contributed by atoms with Crippen LogP contribution in [0.15, 0.2) is 23.2 Å². The largest absolute Gasteiger partial charge is 0.320 e. The molecule has 0 spiro atoms. The second-order valence-corrected chi connectivity index (χ2v) is 5.35. The molecular weight excluding hydrogens is 300 g/mol. The van der Waals surface area contributed by atoms with Crippen LogP contribution in [0.3, 0.4) is 0 Å². The van der Waals surface area contributed by atoms with Gasteiger partial charge in [-0.25, -0.2) is 26.9 Å². The maximum absolute atomic E-state index is 12.6. The third kappa shape index (κ3) is 3.79. The fraction of sp³-hybridized carbons (Fsp3) is 0.375. The van der Waals surface area contributed by atoms with Crippen LogP contribution in [0.4, 0.5) is 17.6 Å². The lowest BCUT2D eigenvalue weighted by molar-refractivity contribution is -0.122. The molecule has 4 nitrogen and oxygen atoms in total. The van der Waals surface area contributed by atoms with Gasteiger partial charge in [0.25, 0.3) is 0 Å². The van der Waals surface area contributed by atoms with Crippen LogP contribution in [-0.4, -0.2) is 32.3 Å². The quantitative estimate of drug-likeness (QED) is 0.668. The Labute approximate surface area is 105 Å². The van der Waals surface area contributed by atoms with Crippen molar-refractivity contribution in [2.45, 2.75) is 17.2 Å². The van der Waals surface area contributed by atoms with E-state index in [4.69, 9.17) is 11.6 Å². The second-order valence-electron chi connectivity index (χ2n) is 3.20. The summed E-state index contributed by atoms with van der Waals surface area (Å²) in [4.78, 5) is 3.06. The van der Waals surface area contributed by atoms with Crippen molar-refractivity contribution in [3.63, 3.8) is 0 Å². The average Bonchev–Trinajstić information content (AvgIpc) is 2.26. The molecule has 1 aromatic rings. The van der Waals surface area contributed by atoms with Crippen molar-refractivity contribution in [3.05, 3.63) is 23.5 Å². The Morgan fingerprint density at radius 3 is 2.56 bits per heavy atom. The summed E-state index contributed by atoms with van der Waals surface area (Å²) in [7, 11) is -4.34. The molecule has 102 valence electrons. The first-order valence-corrected chi connectivity index (χ1v) is 6.28. The Morgan fingerprint density at radius 2 is 2.06 bits per heavy atom. The minimum atomic E-state index is -4.44. The van der Waals surface area contributed by atoms with Crippen molar-refractivity contribution in [3.8, 4) is 0 Å². The molecule has 0 amide bonds. The van der Waals surface area contributed by atoms with Crippen molar-refractivity contribution in [2.75, 3.05) is 6.54 Å². The van der Waals surface area contributed by atoms with Gasteiger partial charge >= 0.3 is 12.3 Å². The number of pyridine rings is 1. The van der Waals surface area contributed by atoms with Gasteiger partial charge in [-0.1, -0.05) is 11.6 Å². The zero-order valence-corrected chi connectivity index (χ0v) is 10.2. The van der Waals surface area contributed by atoms with E-state index in [0.717, 1.165) is 18.3 Å². The lowest BCUT2D eigenvalue weighted by atomic mass is 10.4. The predicted octanol–water partition coefficient (Wildman–Crippen LogP) is 1.91. The highest BCUT2D eigenvalue weighted by atomic mass is 35.5. The minimum absolute atomic E-state index is 0.168. The topological polar surface area (TPSA) is 59.1 Å². The van der Waals surface area contributed by atoms with Gasteiger partial charge in [0, 0.05) is 6.20 Å². The molecule has 0 aliphatic carbocycles. The third-order valence-corrected chi connectivity index (χ3v) is 3.43. The summed E-state index contributed by atoms with van der Waals surface area (Å²) in [6, 6.07) is 1.90. The molecule has 0 saturated carbocycles. The molecular formula is C8H7ClF4N2O2S. The average molecular weight is 307 g/mol. The van der Waals surface area contributed by atoms with Crippen LogP contribution in [0, 0.1) is 0 Å². The van der Waals surface area contributed by atoms with Gasteiger partial charge in [-0.3, -0.25) is 0 Å². The molecule has 1 N–H and O–H groups in total. The normalized spacial score (nSPS) is 13.0. The Kier molecular flexibility index (Phi) is 4.51. The first-order chi connectivity index (χ1) is 8.15. The molecule has 0 aliphatic rings. The molecule has 1 rings (SSSR count). The number of nitrogens with one attached hydrogen (secondary N) is 1. The van der Waals surface area contributed by atoms with E-state index in [1.54, 1.807) is 0 Å². The summed E-state index contributed by atoms with van der Waals surface area (Å²) in [5.41, 5.74) is 0.